The molecule has 28 heavy (non-hydrogen) atoms. The van der Waals surface area contributed by atoms with Crippen molar-refractivity contribution in [2.75, 3.05) is 0 Å². The van der Waals surface area contributed by atoms with Gasteiger partial charge >= 0.3 is 5.97 Å². The molecule has 3 heterocycles. The van der Waals surface area contributed by atoms with Crippen molar-refractivity contribution in [1.82, 2.24) is 19.3 Å². The second kappa shape index (κ2) is 6.64. The molecule has 0 spiro atoms. The fourth-order valence-corrected chi connectivity index (χ4v) is 3.84. The lowest BCUT2D eigenvalue weighted by Gasteiger charge is -2.14. The van der Waals surface area contributed by atoms with Crippen LogP contribution in [0.25, 0.3) is 22.3 Å². The van der Waals surface area contributed by atoms with Crippen LogP contribution < -0.4 is 4.74 Å². The minimum absolute atomic E-state index is 0.357. The molecule has 1 aliphatic heterocycles. The Balaban J connectivity index is 1.39. The van der Waals surface area contributed by atoms with Gasteiger partial charge in [0.2, 0.25) is 0 Å². The monoisotopic (exact) mass is 372 g/mol. The molecule has 0 amide bonds. The number of esters is 1. The summed E-state index contributed by atoms with van der Waals surface area (Å²) in [6, 6.07) is 15.1. The summed E-state index contributed by atoms with van der Waals surface area (Å²) < 4.78 is 9.78. The van der Waals surface area contributed by atoms with Crippen LogP contribution in [0.1, 0.15) is 29.0 Å². The van der Waals surface area contributed by atoms with Gasteiger partial charge in [0, 0.05) is 42.7 Å². The number of aryl methyl sites for hydroxylation is 2. The lowest BCUT2D eigenvalue weighted by molar-refractivity contribution is 0.0737. The van der Waals surface area contributed by atoms with Gasteiger partial charge < -0.3 is 13.9 Å². The summed E-state index contributed by atoms with van der Waals surface area (Å²) in [5.41, 5.74) is 2.54. The number of aromatic nitrogens is 4. The van der Waals surface area contributed by atoms with Gasteiger partial charge in [0.05, 0.1) is 5.56 Å². The third-order valence-electron chi connectivity index (χ3n) is 5.33. The predicted octanol–water partition coefficient (Wildman–Crippen LogP) is 3.99. The molecule has 0 saturated carbocycles. The van der Waals surface area contributed by atoms with Crippen molar-refractivity contribution in [1.29, 1.82) is 0 Å². The Morgan fingerprint density at radius 1 is 1.04 bits per heavy atom. The lowest BCUT2D eigenvalue weighted by atomic mass is 10.1. The van der Waals surface area contributed by atoms with Crippen LogP contribution in [0, 0.1) is 0 Å². The lowest BCUT2D eigenvalue weighted by Crippen LogP contribution is -2.11. The van der Waals surface area contributed by atoms with Gasteiger partial charge in [-0.3, -0.25) is 0 Å². The average Bonchev–Trinajstić information content (AvgIpc) is 3.32. The molecule has 0 radical (unpaired) electrons. The van der Waals surface area contributed by atoms with Crippen LogP contribution in [0.3, 0.4) is 0 Å². The fourth-order valence-electron chi connectivity index (χ4n) is 3.84. The molecule has 6 nitrogen and oxygen atoms in total. The highest BCUT2D eigenvalue weighted by Crippen LogP contribution is 2.26. The standard InChI is InChI=1S/C22H20N4O2/c1-25-14-12-17-18(5-4-6-19(17)25)22(27)28-16-10-8-15(9-11-16)21-24-23-20-7-2-3-13-26(20)21/h4-6,8-12,14H,2-3,7,13H2,1H3. The van der Waals surface area contributed by atoms with Crippen LogP contribution >= 0.6 is 0 Å². The Bertz CT molecular complexity index is 1170. The summed E-state index contributed by atoms with van der Waals surface area (Å²) in [5, 5.41) is 9.54. The van der Waals surface area contributed by atoms with Crippen LogP contribution in [0.5, 0.6) is 5.75 Å². The largest absolute Gasteiger partial charge is 0.423 e. The van der Waals surface area contributed by atoms with Gasteiger partial charge in [-0.25, -0.2) is 4.79 Å². The van der Waals surface area contributed by atoms with Crippen molar-refractivity contribution in [3.63, 3.8) is 0 Å². The first-order valence-corrected chi connectivity index (χ1v) is 9.49. The molecule has 0 aliphatic carbocycles. The van der Waals surface area contributed by atoms with Crippen molar-refractivity contribution in [3.8, 4) is 17.1 Å². The molecule has 0 N–H and O–H groups in total. The van der Waals surface area contributed by atoms with Crippen molar-refractivity contribution in [2.24, 2.45) is 7.05 Å². The number of hydrogen-bond acceptors (Lipinski definition) is 4. The Hall–Kier alpha value is -3.41. The van der Waals surface area contributed by atoms with Gasteiger partial charge in [0.1, 0.15) is 11.6 Å². The molecule has 0 bridgehead atoms. The zero-order chi connectivity index (χ0) is 19.1. The van der Waals surface area contributed by atoms with E-state index in [-0.39, 0.29) is 5.97 Å². The first-order chi connectivity index (χ1) is 13.7. The summed E-state index contributed by atoms with van der Waals surface area (Å²) in [6.07, 6.45) is 5.24. The molecule has 6 heteroatoms. The molecule has 0 atom stereocenters. The number of fused-ring (bicyclic) bond motifs is 2. The summed E-state index contributed by atoms with van der Waals surface area (Å²) in [6.45, 7) is 0.954. The van der Waals surface area contributed by atoms with E-state index in [1.807, 2.05) is 60.3 Å². The van der Waals surface area contributed by atoms with Crippen molar-refractivity contribution in [3.05, 3.63) is 66.1 Å². The van der Waals surface area contributed by atoms with Gasteiger partial charge in [-0.15, -0.1) is 10.2 Å². The van der Waals surface area contributed by atoms with Crippen LogP contribution in [-0.2, 0) is 20.0 Å². The van der Waals surface area contributed by atoms with E-state index in [0.717, 1.165) is 47.5 Å². The second-order valence-electron chi connectivity index (χ2n) is 7.13. The molecule has 140 valence electrons. The highest BCUT2D eigenvalue weighted by atomic mass is 16.5. The number of hydrogen-bond donors (Lipinski definition) is 0. The van der Waals surface area contributed by atoms with Crippen molar-refractivity contribution in [2.45, 2.75) is 25.8 Å². The molecule has 0 saturated heterocycles. The van der Waals surface area contributed by atoms with E-state index in [1.54, 1.807) is 6.07 Å². The quantitative estimate of drug-likeness (QED) is 0.403. The zero-order valence-corrected chi connectivity index (χ0v) is 15.6. The van der Waals surface area contributed by atoms with E-state index >= 15 is 0 Å². The molecule has 4 aromatic rings. The predicted molar refractivity (Wildman–Crippen MR) is 106 cm³/mol. The van der Waals surface area contributed by atoms with Gasteiger partial charge in [0.15, 0.2) is 5.82 Å². The Labute approximate surface area is 162 Å². The molecule has 2 aromatic heterocycles. The summed E-state index contributed by atoms with van der Waals surface area (Å²) in [5.74, 6) is 2.08. The molecular formula is C22H20N4O2. The first-order valence-electron chi connectivity index (χ1n) is 9.49. The third kappa shape index (κ3) is 2.78. The minimum atomic E-state index is -0.357. The van der Waals surface area contributed by atoms with E-state index in [0.29, 0.717) is 11.3 Å². The molecule has 2 aromatic carbocycles. The minimum Gasteiger partial charge on any atom is -0.423 e. The Morgan fingerprint density at radius 3 is 2.75 bits per heavy atom. The SMILES string of the molecule is Cn1ccc2c(C(=O)Oc3ccc(-c4nnc5n4CCCC5)cc3)cccc21. The summed E-state index contributed by atoms with van der Waals surface area (Å²) in [4.78, 5) is 12.7. The normalized spacial score (nSPS) is 13.5. The second-order valence-corrected chi connectivity index (χ2v) is 7.13. The molecule has 1 aliphatic rings. The number of carbonyl (C=O) groups is 1. The maximum Gasteiger partial charge on any atom is 0.344 e. The number of rotatable bonds is 3. The first kappa shape index (κ1) is 16.7. The van der Waals surface area contributed by atoms with Gasteiger partial charge in [-0.2, -0.15) is 0 Å². The van der Waals surface area contributed by atoms with Crippen molar-refractivity contribution < 1.29 is 9.53 Å². The smallest absolute Gasteiger partial charge is 0.344 e. The molecule has 5 rings (SSSR count). The maximum absolute atomic E-state index is 12.7. The van der Waals surface area contributed by atoms with Gasteiger partial charge in [0.25, 0.3) is 0 Å². The van der Waals surface area contributed by atoms with E-state index < -0.39 is 0 Å². The van der Waals surface area contributed by atoms with Crippen LogP contribution in [0.15, 0.2) is 54.7 Å². The van der Waals surface area contributed by atoms with E-state index in [1.165, 1.54) is 6.42 Å². The Kier molecular flexibility index (Phi) is 3.97. The van der Waals surface area contributed by atoms with Gasteiger partial charge in [-0.1, -0.05) is 6.07 Å². The summed E-state index contributed by atoms with van der Waals surface area (Å²) >= 11 is 0. The third-order valence-corrected chi connectivity index (χ3v) is 5.33. The molecule has 0 fully saturated rings. The maximum atomic E-state index is 12.7. The highest BCUT2D eigenvalue weighted by Gasteiger charge is 2.18. The fraction of sp³-hybridized carbons (Fsp3) is 0.227. The average molecular weight is 372 g/mol. The molecular weight excluding hydrogens is 352 g/mol. The van der Waals surface area contributed by atoms with Crippen LogP contribution in [0.4, 0.5) is 0 Å². The number of nitrogens with zero attached hydrogens (tertiary/aromatic N) is 4. The van der Waals surface area contributed by atoms with E-state index in [4.69, 9.17) is 4.74 Å². The summed E-state index contributed by atoms with van der Waals surface area (Å²) in [7, 11) is 1.96. The van der Waals surface area contributed by atoms with Gasteiger partial charge in [-0.05, 0) is 55.3 Å². The molecule has 0 unspecified atom stereocenters. The van der Waals surface area contributed by atoms with E-state index in [2.05, 4.69) is 14.8 Å². The Morgan fingerprint density at radius 2 is 1.89 bits per heavy atom. The zero-order valence-electron chi connectivity index (χ0n) is 15.6. The van der Waals surface area contributed by atoms with Crippen LogP contribution in [0.2, 0.25) is 0 Å². The van der Waals surface area contributed by atoms with E-state index in [9.17, 15) is 4.79 Å². The topological polar surface area (TPSA) is 61.9 Å². The highest BCUT2D eigenvalue weighted by molar-refractivity contribution is 6.04. The van der Waals surface area contributed by atoms with Crippen molar-refractivity contribution >= 4 is 16.9 Å². The number of ether oxygens (including phenoxy) is 1. The van der Waals surface area contributed by atoms with Crippen LogP contribution in [-0.4, -0.2) is 25.3 Å². The number of carbonyl (C=O) groups excluding carboxylic acids is 1. The number of benzene rings is 2.